The fraction of sp³-hybridized carbons (Fsp3) is 0.192. The number of aromatic nitrogens is 1. The summed E-state index contributed by atoms with van der Waals surface area (Å²) in [5, 5.41) is 11.3. The third kappa shape index (κ3) is 3.74. The number of nitrogens with zero attached hydrogens (tertiary/aromatic N) is 2. The third-order valence-electron chi connectivity index (χ3n) is 6.19. The highest BCUT2D eigenvalue weighted by molar-refractivity contribution is 5.95. The molecule has 0 spiro atoms. The molecule has 1 aliphatic rings. The number of carboxylic acids is 1. The highest BCUT2D eigenvalue weighted by Crippen LogP contribution is 2.38. The van der Waals surface area contributed by atoms with Crippen LogP contribution in [0.4, 0.5) is 10.1 Å². The van der Waals surface area contributed by atoms with Crippen molar-refractivity contribution in [2.24, 2.45) is 0 Å². The van der Waals surface area contributed by atoms with Gasteiger partial charge < -0.3 is 15.0 Å². The SMILES string of the molecule is O=C(O)[C@H](c1c(-c2ccccc2)[nH]c2ccccc12)N1CCN(c2ccc(F)cc2)CC1. The Balaban J connectivity index is 1.50. The van der Waals surface area contributed by atoms with Gasteiger partial charge in [-0.3, -0.25) is 9.69 Å². The number of rotatable bonds is 5. The van der Waals surface area contributed by atoms with Gasteiger partial charge in [0.2, 0.25) is 0 Å². The summed E-state index contributed by atoms with van der Waals surface area (Å²) in [6.07, 6.45) is 0. The Kier molecular flexibility index (Phi) is 5.37. The van der Waals surface area contributed by atoms with Crippen LogP contribution >= 0.6 is 0 Å². The number of fused-ring (bicyclic) bond motifs is 1. The Morgan fingerprint density at radius 3 is 2.22 bits per heavy atom. The number of anilines is 1. The van der Waals surface area contributed by atoms with Crippen LogP contribution in [0.2, 0.25) is 0 Å². The largest absolute Gasteiger partial charge is 0.480 e. The number of aromatic amines is 1. The number of aliphatic carboxylic acids is 1. The summed E-state index contributed by atoms with van der Waals surface area (Å²) in [4.78, 5) is 20.3. The van der Waals surface area contributed by atoms with Crippen LogP contribution in [0.25, 0.3) is 22.2 Å². The van der Waals surface area contributed by atoms with Crippen molar-refractivity contribution in [2.75, 3.05) is 31.1 Å². The molecule has 0 unspecified atom stereocenters. The molecule has 1 fully saturated rings. The van der Waals surface area contributed by atoms with E-state index >= 15 is 0 Å². The molecule has 0 amide bonds. The molecule has 6 heteroatoms. The Hall–Kier alpha value is -3.64. The van der Waals surface area contributed by atoms with Crippen molar-refractivity contribution in [1.82, 2.24) is 9.88 Å². The monoisotopic (exact) mass is 429 g/mol. The molecule has 5 rings (SSSR count). The van der Waals surface area contributed by atoms with E-state index in [9.17, 15) is 14.3 Å². The summed E-state index contributed by atoms with van der Waals surface area (Å²) in [5.41, 5.74) is 4.50. The van der Waals surface area contributed by atoms with E-state index in [1.807, 2.05) is 59.5 Å². The summed E-state index contributed by atoms with van der Waals surface area (Å²) >= 11 is 0. The van der Waals surface area contributed by atoms with Gasteiger partial charge in [0, 0.05) is 48.3 Å². The first-order chi connectivity index (χ1) is 15.6. The average molecular weight is 429 g/mol. The normalized spacial score (nSPS) is 15.7. The minimum atomic E-state index is -0.859. The number of carbonyl (C=O) groups is 1. The number of hydrogen-bond donors (Lipinski definition) is 2. The van der Waals surface area contributed by atoms with Crippen LogP contribution in [0, 0.1) is 5.82 Å². The summed E-state index contributed by atoms with van der Waals surface area (Å²) in [6, 6.07) is 23.4. The maximum absolute atomic E-state index is 13.3. The van der Waals surface area contributed by atoms with Gasteiger partial charge in [-0.2, -0.15) is 0 Å². The predicted molar refractivity (Wildman–Crippen MR) is 124 cm³/mol. The van der Waals surface area contributed by atoms with Crippen molar-refractivity contribution in [2.45, 2.75) is 6.04 Å². The summed E-state index contributed by atoms with van der Waals surface area (Å²) in [6.45, 7) is 2.56. The van der Waals surface area contributed by atoms with Crippen molar-refractivity contribution in [1.29, 1.82) is 0 Å². The highest BCUT2D eigenvalue weighted by atomic mass is 19.1. The van der Waals surface area contributed by atoms with Crippen LogP contribution in [-0.4, -0.2) is 47.1 Å². The number of para-hydroxylation sites is 1. The van der Waals surface area contributed by atoms with Gasteiger partial charge >= 0.3 is 5.97 Å². The minimum absolute atomic E-state index is 0.258. The Morgan fingerprint density at radius 1 is 0.875 bits per heavy atom. The quantitative estimate of drug-likeness (QED) is 0.473. The molecule has 2 N–H and O–H groups in total. The first-order valence-electron chi connectivity index (χ1n) is 10.8. The fourth-order valence-electron chi connectivity index (χ4n) is 4.63. The van der Waals surface area contributed by atoms with E-state index in [-0.39, 0.29) is 5.82 Å². The zero-order valence-electron chi connectivity index (χ0n) is 17.5. The average Bonchev–Trinajstić information content (AvgIpc) is 3.20. The third-order valence-corrected chi connectivity index (χ3v) is 6.19. The van der Waals surface area contributed by atoms with Crippen LogP contribution in [0.15, 0.2) is 78.9 Å². The lowest BCUT2D eigenvalue weighted by atomic mass is 9.97. The second kappa shape index (κ2) is 8.48. The number of piperazine rings is 1. The molecule has 1 atom stereocenters. The maximum Gasteiger partial charge on any atom is 0.325 e. The molecule has 32 heavy (non-hydrogen) atoms. The van der Waals surface area contributed by atoms with Gasteiger partial charge in [0.1, 0.15) is 11.9 Å². The molecule has 1 aliphatic heterocycles. The van der Waals surface area contributed by atoms with E-state index in [0.29, 0.717) is 26.2 Å². The molecule has 0 bridgehead atoms. The lowest BCUT2D eigenvalue weighted by Crippen LogP contribution is -2.49. The summed E-state index contributed by atoms with van der Waals surface area (Å²) in [7, 11) is 0. The van der Waals surface area contributed by atoms with E-state index in [2.05, 4.69) is 9.88 Å². The van der Waals surface area contributed by atoms with Gasteiger partial charge in [-0.1, -0.05) is 48.5 Å². The zero-order chi connectivity index (χ0) is 22.1. The molecular weight excluding hydrogens is 405 g/mol. The van der Waals surface area contributed by atoms with Gasteiger partial charge in [-0.25, -0.2) is 4.39 Å². The second-order valence-electron chi connectivity index (χ2n) is 8.07. The standard InChI is InChI=1S/C26H24FN3O2/c27-19-10-12-20(13-11-19)29-14-16-30(17-15-29)25(26(31)32)23-21-8-4-5-9-22(21)28-24(23)18-6-2-1-3-7-18/h1-13,25,28H,14-17H2,(H,31,32)/t25-/m0/s1. The van der Waals surface area contributed by atoms with E-state index in [1.54, 1.807) is 12.1 Å². The number of benzene rings is 3. The molecular formula is C26H24FN3O2. The molecule has 4 aromatic rings. The van der Waals surface area contributed by atoms with Crippen molar-refractivity contribution < 1.29 is 14.3 Å². The molecule has 5 nitrogen and oxygen atoms in total. The first kappa shape index (κ1) is 20.3. The highest BCUT2D eigenvalue weighted by Gasteiger charge is 2.34. The lowest BCUT2D eigenvalue weighted by Gasteiger charge is -2.39. The minimum Gasteiger partial charge on any atom is -0.480 e. The number of halogens is 1. The van der Waals surface area contributed by atoms with Gasteiger partial charge in [-0.05, 0) is 35.9 Å². The number of H-pyrrole nitrogens is 1. The van der Waals surface area contributed by atoms with E-state index in [4.69, 9.17) is 0 Å². The van der Waals surface area contributed by atoms with E-state index in [1.165, 1.54) is 12.1 Å². The van der Waals surface area contributed by atoms with Gasteiger partial charge in [0.25, 0.3) is 0 Å². The topological polar surface area (TPSA) is 59.6 Å². The van der Waals surface area contributed by atoms with Crippen molar-refractivity contribution in [3.63, 3.8) is 0 Å². The molecule has 0 aliphatic carbocycles. The Labute approximate surface area is 185 Å². The predicted octanol–water partition coefficient (Wildman–Crippen LogP) is 4.92. The van der Waals surface area contributed by atoms with Crippen LogP contribution in [-0.2, 0) is 4.79 Å². The molecule has 2 heterocycles. The van der Waals surface area contributed by atoms with Gasteiger partial charge in [0.15, 0.2) is 0 Å². The van der Waals surface area contributed by atoms with E-state index in [0.717, 1.165) is 33.4 Å². The lowest BCUT2D eigenvalue weighted by molar-refractivity contribution is -0.143. The number of carboxylic acid groups (broad SMARTS) is 1. The number of nitrogens with one attached hydrogen (secondary N) is 1. The van der Waals surface area contributed by atoms with Gasteiger partial charge in [-0.15, -0.1) is 0 Å². The van der Waals surface area contributed by atoms with Crippen LogP contribution in [0.3, 0.4) is 0 Å². The molecule has 0 saturated carbocycles. The van der Waals surface area contributed by atoms with Crippen LogP contribution in [0.1, 0.15) is 11.6 Å². The Morgan fingerprint density at radius 2 is 1.53 bits per heavy atom. The second-order valence-corrected chi connectivity index (χ2v) is 8.07. The molecule has 1 saturated heterocycles. The summed E-state index contributed by atoms with van der Waals surface area (Å²) < 4.78 is 13.3. The number of hydrogen-bond acceptors (Lipinski definition) is 3. The van der Waals surface area contributed by atoms with Crippen molar-refractivity contribution in [3.05, 3.63) is 90.2 Å². The van der Waals surface area contributed by atoms with Crippen molar-refractivity contribution in [3.8, 4) is 11.3 Å². The van der Waals surface area contributed by atoms with E-state index < -0.39 is 12.0 Å². The molecule has 1 aromatic heterocycles. The van der Waals surface area contributed by atoms with Crippen molar-refractivity contribution >= 4 is 22.6 Å². The van der Waals surface area contributed by atoms with Crippen LogP contribution < -0.4 is 4.90 Å². The maximum atomic E-state index is 13.3. The zero-order valence-corrected chi connectivity index (χ0v) is 17.5. The first-order valence-corrected chi connectivity index (χ1v) is 10.8. The fourth-order valence-corrected chi connectivity index (χ4v) is 4.63. The smallest absolute Gasteiger partial charge is 0.325 e. The molecule has 0 radical (unpaired) electrons. The van der Waals surface area contributed by atoms with Gasteiger partial charge in [0.05, 0.1) is 5.69 Å². The summed E-state index contributed by atoms with van der Waals surface area (Å²) in [5.74, 6) is -1.12. The Bertz CT molecular complexity index is 1230. The van der Waals surface area contributed by atoms with Crippen LogP contribution in [0.5, 0.6) is 0 Å². The molecule has 162 valence electrons. The molecule has 3 aromatic carbocycles.